The molecule has 9 nitrogen and oxygen atoms in total. The number of furan rings is 1. The van der Waals surface area contributed by atoms with Gasteiger partial charge in [0.25, 0.3) is 5.91 Å². The van der Waals surface area contributed by atoms with Gasteiger partial charge in [-0.25, -0.2) is 4.98 Å². The Morgan fingerprint density at radius 1 is 1.03 bits per heavy atom. The summed E-state index contributed by atoms with van der Waals surface area (Å²) in [4.78, 5) is 49.5. The van der Waals surface area contributed by atoms with Crippen LogP contribution >= 0.6 is 11.3 Å². The zero-order valence-corrected chi connectivity index (χ0v) is 18.4. The van der Waals surface area contributed by atoms with Gasteiger partial charge in [0.2, 0.25) is 11.8 Å². The van der Waals surface area contributed by atoms with E-state index in [4.69, 9.17) is 4.42 Å². The first-order valence-electron chi connectivity index (χ1n) is 10.2. The average Bonchev–Trinajstić information content (AvgIpc) is 3.43. The minimum atomic E-state index is -0.296. The number of aromatic nitrogens is 2. The molecule has 1 N–H and O–H groups in total. The van der Waals surface area contributed by atoms with Crippen molar-refractivity contribution in [1.82, 2.24) is 19.8 Å². The van der Waals surface area contributed by atoms with Gasteiger partial charge >= 0.3 is 0 Å². The van der Waals surface area contributed by atoms with E-state index in [9.17, 15) is 14.4 Å². The van der Waals surface area contributed by atoms with Crippen LogP contribution in [0.3, 0.4) is 0 Å². The lowest BCUT2D eigenvalue weighted by molar-refractivity contribution is -0.138. The molecule has 0 saturated carbocycles. The van der Waals surface area contributed by atoms with Gasteiger partial charge in [-0.2, -0.15) is 0 Å². The van der Waals surface area contributed by atoms with Crippen molar-refractivity contribution in [2.24, 2.45) is 0 Å². The standard InChI is InChI=1S/C22H23N5O4S/c1-15-18(5-11-31-15)21(30)25-22-24-17(14-32-22)13-20(29)27-9-7-26(8-10-27)19(28)12-16-4-2-3-6-23-16/h2-6,11,14H,7-10,12-13H2,1H3,(H,24,25,30). The van der Waals surface area contributed by atoms with Gasteiger partial charge in [0.1, 0.15) is 5.76 Å². The summed E-state index contributed by atoms with van der Waals surface area (Å²) in [5.74, 6) is 0.210. The maximum atomic E-state index is 12.7. The monoisotopic (exact) mass is 453 g/mol. The van der Waals surface area contributed by atoms with Gasteiger partial charge < -0.3 is 14.2 Å². The van der Waals surface area contributed by atoms with Crippen LogP contribution in [-0.2, 0) is 22.4 Å². The third-order valence-corrected chi connectivity index (χ3v) is 6.06. The normalized spacial score (nSPS) is 13.8. The predicted molar refractivity (Wildman–Crippen MR) is 118 cm³/mol. The van der Waals surface area contributed by atoms with E-state index < -0.39 is 0 Å². The van der Waals surface area contributed by atoms with E-state index in [1.54, 1.807) is 34.4 Å². The number of nitrogens with one attached hydrogen (secondary N) is 1. The number of carbonyl (C=O) groups is 3. The fourth-order valence-electron chi connectivity index (χ4n) is 3.47. The van der Waals surface area contributed by atoms with E-state index in [2.05, 4.69) is 15.3 Å². The Hall–Kier alpha value is -3.53. The summed E-state index contributed by atoms with van der Waals surface area (Å²) < 4.78 is 5.14. The van der Waals surface area contributed by atoms with Crippen LogP contribution in [0.2, 0.25) is 0 Å². The molecule has 3 aromatic heterocycles. The van der Waals surface area contributed by atoms with Crippen LogP contribution in [0.4, 0.5) is 5.13 Å². The molecule has 0 spiro atoms. The van der Waals surface area contributed by atoms with Crippen LogP contribution in [-0.4, -0.2) is 63.7 Å². The van der Waals surface area contributed by atoms with Crippen LogP contribution in [0.15, 0.2) is 46.5 Å². The van der Waals surface area contributed by atoms with Gasteiger partial charge in [0, 0.05) is 43.4 Å². The Kier molecular flexibility index (Phi) is 6.60. The Labute approximate surface area is 189 Å². The quantitative estimate of drug-likeness (QED) is 0.613. The van der Waals surface area contributed by atoms with Crippen LogP contribution in [0.25, 0.3) is 0 Å². The summed E-state index contributed by atoms with van der Waals surface area (Å²) >= 11 is 1.27. The van der Waals surface area contributed by atoms with Crippen LogP contribution in [0.1, 0.15) is 27.5 Å². The topological polar surface area (TPSA) is 109 Å². The second-order valence-corrected chi connectivity index (χ2v) is 8.28. The van der Waals surface area contributed by atoms with Gasteiger partial charge in [0.15, 0.2) is 5.13 Å². The Morgan fingerprint density at radius 2 is 1.72 bits per heavy atom. The summed E-state index contributed by atoms with van der Waals surface area (Å²) in [7, 11) is 0. The summed E-state index contributed by atoms with van der Waals surface area (Å²) in [6.45, 7) is 3.69. The highest BCUT2D eigenvalue weighted by atomic mass is 32.1. The molecule has 1 saturated heterocycles. The molecule has 0 bridgehead atoms. The molecule has 4 rings (SSSR count). The molecule has 4 heterocycles. The van der Waals surface area contributed by atoms with Crippen molar-refractivity contribution in [2.75, 3.05) is 31.5 Å². The number of piperazine rings is 1. The maximum absolute atomic E-state index is 12.7. The number of pyridine rings is 1. The Balaban J connectivity index is 1.25. The number of amides is 3. The fourth-order valence-corrected chi connectivity index (χ4v) is 4.18. The molecule has 166 valence electrons. The molecule has 0 unspecified atom stereocenters. The van der Waals surface area contributed by atoms with Crippen molar-refractivity contribution in [2.45, 2.75) is 19.8 Å². The van der Waals surface area contributed by atoms with E-state index in [1.807, 2.05) is 18.2 Å². The summed E-state index contributed by atoms with van der Waals surface area (Å²) in [5, 5.41) is 4.93. The molecule has 3 amide bonds. The van der Waals surface area contributed by atoms with Gasteiger partial charge in [-0.15, -0.1) is 11.3 Å². The molecule has 3 aromatic rings. The molecule has 1 aliphatic heterocycles. The third kappa shape index (κ3) is 5.20. The molecule has 0 aliphatic carbocycles. The zero-order valence-electron chi connectivity index (χ0n) is 17.6. The molecule has 1 fully saturated rings. The van der Waals surface area contributed by atoms with Crippen molar-refractivity contribution in [3.8, 4) is 0 Å². The highest BCUT2D eigenvalue weighted by molar-refractivity contribution is 7.14. The molecule has 0 aromatic carbocycles. The molecule has 1 aliphatic rings. The van der Waals surface area contributed by atoms with E-state index in [-0.39, 0.29) is 30.6 Å². The van der Waals surface area contributed by atoms with Crippen molar-refractivity contribution >= 4 is 34.2 Å². The molecule has 0 atom stereocenters. The van der Waals surface area contributed by atoms with Gasteiger partial charge in [-0.3, -0.25) is 24.7 Å². The van der Waals surface area contributed by atoms with E-state index in [1.165, 1.54) is 17.6 Å². The lowest BCUT2D eigenvalue weighted by Crippen LogP contribution is -2.51. The lowest BCUT2D eigenvalue weighted by Gasteiger charge is -2.34. The average molecular weight is 454 g/mol. The minimum Gasteiger partial charge on any atom is -0.469 e. The SMILES string of the molecule is Cc1occc1C(=O)Nc1nc(CC(=O)N2CCN(C(=O)Cc3ccccn3)CC2)cs1. The molecular formula is C22H23N5O4S. The van der Waals surface area contributed by atoms with Crippen LogP contribution in [0, 0.1) is 6.92 Å². The highest BCUT2D eigenvalue weighted by Crippen LogP contribution is 2.19. The number of rotatable bonds is 6. The Bertz CT molecular complexity index is 1100. The third-order valence-electron chi connectivity index (χ3n) is 5.25. The predicted octanol–water partition coefficient (Wildman–Crippen LogP) is 2.15. The first-order valence-corrected chi connectivity index (χ1v) is 11.1. The number of hydrogen-bond donors (Lipinski definition) is 1. The van der Waals surface area contributed by atoms with Gasteiger partial charge in [-0.1, -0.05) is 6.07 Å². The summed E-state index contributed by atoms with van der Waals surface area (Å²) in [5.41, 5.74) is 1.80. The molecular weight excluding hydrogens is 430 g/mol. The van der Waals surface area contributed by atoms with Crippen LogP contribution < -0.4 is 5.32 Å². The van der Waals surface area contributed by atoms with Crippen molar-refractivity contribution in [3.63, 3.8) is 0 Å². The first kappa shape index (κ1) is 21.7. The van der Waals surface area contributed by atoms with Gasteiger partial charge in [0.05, 0.1) is 30.4 Å². The van der Waals surface area contributed by atoms with E-state index in [0.29, 0.717) is 48.3 Å². The second-order valence-electron chi connectivity index (χ2n) is 7.42. The van der Waals surface area contributed by atoms with Gasteiger partial charge in [-0.05, 0) is 25.1 Å². The minimum absolute atomic E-state index is 0.0172. The summed E-state index contributed by atoms with van der Waals surface area (Å²) in [6, 6.07) is 7.11. The summed E-state index contributed by atoms with van der Waals surface area (Å²) in [6.07, 6.45) is 3.55. The number of hydrogen-bond acceptors (Lipinski definition) is 7. The van der Waals surface area contributed by atoms with E-state index >= 15 is 0 Å². The smallest absolute Gasteiger partial charge is 0.260 e. The molecule has 32 heavy (non-hydrogen) atoms. The first-order chi connectivity index (χ1) is 15.5. The van der Waals surface area contributed by atoms with Crippen molar-refractivity contribution < 1.29 is 18.8 Å². The van der Waals surface area contributed by atoms with E-state index in [0.717, 1.165) is 5.69 Å². The Morgan fingerprint density at radius 3 is 2.31 bits per heavy atom. The van der Waals surface area contributed by atoms with Crippen LogP contribution in [0.5, 0.6) is 0 Å². The molecule has 0 radical (unpaired) electrons. The number of anilines is 1. The number of aryl methyl sites for hydroxylation is 1. The van der Waals surface area contributed by atoms with Crippen molar-refractivity contribution in [3.05, 3.63) is 64.8 Å². The zero-order chi connectivity index (χ0) is 22.5. The lowest BCUT2D eigenvalue weighted by atomic mass is 10.2. The second kappa shape index (κ2) is 9.73. The fraction of sp³-hybridized carbons (Fsp3) is 0.318. The highest BCUT2D eigenvalue weighted by Gasteiger charge is 2.25. The maximum Gasteiger partial charge on any atom is 0.260 e. The molecule has 10 heteroatoms. The number of carbonyl (C=O) groups excluding carboxylic acids is 3. The number of thiazole rings is 1. The largest absolute Gasteiger partial charge is 0.469 e. The number of nitrogens with zero attached hydrogens (tertiary/aromatic N) is 4. The van der Waals surface area contributed by atoms with Crippen molar-refractivity contribution in [1.29, 1.82) is 0 Å².